The smallest absolute Gasteiger partial charge is 0.397 e. The van der Waals surface area contributed by atoms with Crippen LogP contribution in [0.4, 0.5) is 17.1 Å². The topological polar surface area (TPSA) is 207 Å². The van der Waals surface area contributed by atoms with Crippen LogP contribution in [0.15, 0.2) is 68.6 Å². The molecule has 0 heterocycles. The van der Waals surface area contributed by atoms with E-state index in [0.29, 0.717) is 27.7 Å². The summed E-state index contributed by atoms with van der Waals surface area (Å²) >= 11 is 0.631. The quantitative estimate of drug-likeness (QED) is 0.0739. The summed E-state index contributed by atoms with van der Waals surface area (Å²) in [5.41, 5.74) is 6.76. The first-order valence-electron chi connectivity index (χ1n) is 9.06. The van der Waals surface area contributed by atoms with Crippen LogP contribution in [0.1, 0.15) is 0 Å². The molecule has 0 spiro atoms. The lowest BCUT2D eigenvalue weighted by atomic mass is 10.1. The third-order valence-electron chi connectivity index (χ3n) is 4.30. The van der Waals surface area contributed by atoms with Crippen molar-refractivity contribution in [2.45, 2.75) is 9.79 Å². The third kappa shape index (κ3) is 6.61. The third-order valence-corrected chi connectivity index (χ3v) is 7.01. The van der Waals surface area contributed by atoms with Crippen LogP contribution in [0.5, 0.6) is 5.75 Å². The van der Waals surface area contributed by atoms with E-state index in [0.717, 1.165) is 0 Å². The Morgan fingerprint density at radius 3 is 2.32 bits per heavy atom. The van der Waals surface area contributed by atoms with Crippen LogP contribution in [0.3, 0.4) is 0 Å². The molecule has 182 valence electrons. The number of hydrogen-bond acceptors (Lipinski definition) is 13. The van der Waals surface area contributed by atoms with E-state index in [1.54, 1.807) is 12.1 Å². The molecule has 0 radical (unpaired) electrons. The highest BCUT2D eigenvalue weighted by Crippen LogP contribution is 2.40. The molecule has 0 aromatic heterocycles. The first-order valence-corrected chi connectivity index (χ1v) is 12.8. The first kappa shape index (κ1) is 25.8. The van der Waals surface area contributed by atoms with E-state index in [1.165, 1.54) is 36.4 Å². The summed E-state index contributed by atoms with van der Waals surface area (Å²) in [6.07, 6.45) is 0. The summed E-state index contributed by atoms with van der Waals surface area (Å²) in [5.74, 6) is -0.778. The second-order valence-corrected chi connectivity index (χ2v) is 10.5. The number of nitrogen functional groups attached to an aromatic ring is 1. The molecule has 3 rings (SSSR count). The lowest BCUT2D eigenvalue weighted by Gasteiger charge is -2.09. The van der Waals surface area contributed by atoms with Crippen molar-refractivity contribution in [3.63, 3.8) is 0 Å². The highest BCUT2D eigenvalue weighted by atomic mass is 32.3. The Bertz CT molecular complexity index is 1430. The van der Waals surface area contributed by atoms with Crippen molar-refractivity contribution in [1.29, 1.82) is 0 Å². The Hall–Kier alpha value is -2.83. The van der Waals surface area contributed by atoms with E-state index < -0.39 is 32.6 Å². The normalized spacial score (nSPS) is 12.5. The van der Waals surface area contributed by atoms with Crippen molar-refractivity contribution in [3.05, 3.63) is 48.5 Å². The zero-order chi connectivity index (χ0) is 24.9. The minimum absolute atomic E-state index is 0.106. The molecule has 0 saturated heterocycles. The van der Waals surface area contributed by atoms with Crippen LogP contribution in [0.25, 0.3) is 10.8 Å². The molecule has 3 aromatic carbocycles. The zero-order valence-electron chi connectivity index (χ0n) is 16.9. The number of aromatic hydroxyl groups is 1. The SMILES string of the molecule is Nc1ccc2c(O)cc(SOOO)cc2c1N=Nc1ccc(S(=O)(=O)CCOS(=O)(=O)O)cc1. The molecule has 0 aliphatic heterocycles. The van der Waals surface area contributed by atoms with Gasteiger partial charge >= 0.3 is 10.4 Å². The molecular weight excluding hydrogens is 514 g/mol. The number of azo groups is 1. The number of anilines is 1. The predicted molar refractivity (Wildman–Crippen MR) is 121 cm³/mol. The highest BCUT2D eigenvalue weighted by molar-refractivity contribution is 7.94. The van der Waals surface area contributed by atoms with Crippen LogP contribution in [0, 0.1) is 0 Å². The van der Waals surface area contributed by atoms with E-state index in [9.17, 15) is 21.9 Å². The van der Waals surface area contributed by atoms with Gasteiger partial charge in [0.2, 0.25) is 0 Å². The maximum absolute atomic E-state index is 12.3. The van der Waals surface area contributed by atoms with E-state index in [1.807, 2.05) is 0 Å². The molecule has 0 unspecified atom stereocenters. The number of nitrogens with two attached hydrogens (primary N) is 1. The van der Waals surface area contributed by atoms with Gasteiger partial charge in [0.05, 0.1) is 40.7 Å². The minimum atomic E-state index is -4.74. The molecule has 0 amide bonds. The van der Waals surface area contributed by atoms with Gasteiger partial charge in [0.1, 0.15) is 11.4 Å². The van der Waals surface area contributed by atoms with Crippen molar-refractivity contribution < 1.29 is 45.3 Å². The number of hydrogen-bond donors (Lipinski definition) is 4. The van der Waals surface area contributed by atoms with Gasteiger partial charge in [-0.1, -0.05) is 5.04 Å². The zero-order valence-corrected chi connectivity index (χ0v) is 19.4. The van der Waals surface area contributed by atoms with Crippen molar-refractivity contribution in [2.24, 2.45) is 10.2 Å². The Kier molecular flexibility index (Phi) is 8.05. The van der Waals surface area contributed by atoms with Crippen LogP contribution in [0.2, 0.25) is 0 Å². The summed E-state index contributed by atoms with van der Waals surface area (Å²) in [6.45, 7) is -0.744. The molecular formula is C18H17N3O10S3. The highest BCUT2D eigenvalue weighted by Gasteiger charge is 2.16. The summed E-state index contributed by atoms with van der Waals surface area (Å²) in [5, 5.41) is 31.2. The van der Waals surface area contributed by atoms with Crippen LogP contribution in [-0.4, -0.2) is 44.1 Å². The van der Waals surface area contributed by atoms with Crippen molar-refractivity contribution in [2.75, 3.05) is 18.1 Å². The van der Waals surface area contributed by atoms with Gasteiger partial charge in [0.15, 0.2) is 9.84 Å². The van der Waals surface area contributed by atoms with Gasteiger partial charge < -0.3 is 10.8 Å². The number of phenolic OH excluding ortho intramolecular Hbond substituents is 1. The fourth-order valence-electron chi connectivity index (χ4n) is 2.80. The van der Waals surface area contributed by atoms with Crippen molar-refractivity contribution >= 4 is 60.1 Å². The molecule has 3 aromatic rings. The molecule has 0 aliphatic carbocycles. The largest absolute Gasteiger partial charge is 0.507 e. The Morgan fingerprint density at radius 1 is 0.971 bits per heavy atom. The second-order valence-electron chi connectivity index (χ2n) is 6.53. The number of benzene rings is 3. The number of rotatable bonds is 10. The number of sulfone groups is 1. The summed E-state index contributed by atoms with van der Waals surface area (Å²) in [6, 6.07) is 11.3. The van der Waals surface area contributed by atoms with Crippen molar-refractivity contribution in [3.8, 4) is 5.75 Å². The van der Waals surface area contributed by atoms with Gasteiger partial charge in [0.25, 0.3) is 0 Å². The summed E-state index contributed by atoms with van der Waals surface area (Å²) < 4.78 is 62.5. The molecule has 0 atom stereocenters. The van der Waals surface area contributed by atoms with E-state index in [4.69, 9.17) is 15.5 Å². The fourth-order valence-corrected chi connectivity index (χ4v) is 4.72. The van der Waals surface area contributed by atoms with Crippen LogP contribution in [-0.2, 0) is 33.8 Å². The van der Waals surface area contributed by atoms with Gasteiger partial charge in [-0.25, -0.2) is 17.9 Å². The maximum atomic E-state index is 12.3. The number of phenols is 1. The predicted octanol–water partition coefficient (Wildman–Crippen LogP) is 3.56. The number of fused-ring (bicyclic) bond motifs is 1. The average molecular weight is 532 g/mol. The lowest BCUT2D eigenvalue weighted by molar-refractivity contribution is -0.432. The van der Waals surface area contributed by atoms with E-state index >= 15 is 0 Å². The molecule has 16 heteroatoms. The van der Waals surface area contributed by atoms with Gasteiger partial charge in [-0.2, -0.15) is 13.5 Å². The van der Waals surface area contributed by atoms with Gasteiger partial charge in [-0.05, 0) is 48.5 Å². The van der Waals surface area contributed by atoms with Gasteiger partial charge in [0, 0.05) is 15.7 Å². The molecule has 0 bridgehead atoms. The van der Waals surface area contributed by atoms with E-state index in [-0.39, 0.29) is 27.7 Å². The first-order chi connectivity index (χ1) is 16.0. The number of nitrogens with zero attached hydrogens (tertiary/aromatic N) is 2. The van der Waals surface area contributed by atoms with Gasteiger partial charge in [-0.3, -0.25) is 4.55 Å². The minimum Gasteiger partial charge on any atom is -0.507 e. The molecule has 0 saturated carbocycles. The van der Waals surface area contributed by atoms with Crippen molar-refractivity contribution in [1.82, 2.24) is 0 Å². The van der Waals surface area contributed by atoms with Gasteiger partial charge in [-0.15, -0.1) is 9.45 Å². The Balaban J connectivity index is 1.85. The lowest BCUT2D eigenvalue weighted by Crippen LogP contribution is -2.15. The fraction of sp³-hybridized carbons (Fsp3) is 0.111. The summed E-state index contributed by atoms with van der Waals surface area (Å²) in [7, 11) is -8.62. The molecule has 5 N–H and O–H groups in total. The van der Waals surface area contributed by atoms with Crippen LogP contribution < -0.4 is 5.73 Å². The molecule has 0 aliphatic rings. The molecule has 0 fully saturated rings. The summed E-state index contributed by atoms with van der Waals surface area (Å²) in [4.78, 5) is 0.251. The second kappa shape index (κ2) is 10.6. The standard InChI is InChI=1S/C18H17N3O10S3/c19-16-6-5-14-15(9-12(10-17(14)22)32-31-30-23)18(16)21-20-11-1-3-13(4-2-11)33(24,25)8-7-29-34(26,27)28/h1-6,9-10,22-23H,7-8,19H2,(H,26,27,28). The Labute approximate surface area is 197 Å². The maximum Gasteiger partial charge on any atom is 0.397 e. The molecule has 13 nitrogen and oxygen atoms in total. The average Bonchev–Trinajstić information content (AvgIpc) is 2.76. The Morgan fingerprint density at radius 2 is 1.68 bits per heavy atom. The molecule has 34 heavy (non-hydrogen) atoms. The van der Waals surface area contributed by atoms with E-state index in [2.05, 4.69) is 23.8 Å². The van der Waals surface area contributed by atoms with Crippen LogP contribution >= 0.6 is 12.0 Å². The monoisotopic (exact) mass is 531 g/mol.